The first kappa shape index (κ1) is 21.2. The number of halogens is 1. The Bertz CT molecular complexity index is 1190. The topological polar surface area (TPSA) is 96.4 Å². The van der Waals surface area contributed by atoms with Gasteiger partial charge in [-0.25, -0.2) is 4.98 Å². The monoisotopic (exact) mass is 441 g/mol. The summed E-state index contributed by atoms with van der Waals surface area (Å²) in [6, 6.07) is 6.91. The maximum Gasteiger partial charge on any atom is 0.267 e. The summed E-state index contributed by atoms with van der Waals surface area (Å²) in [6.07, 6.45) is 2.73. The summed E-state index contributed by atoms with van der Waals surface area (Å²) in [6.45, 7) is 4.57. The highest BCUT2D eigenvalue weighted by Gasteiger charge is 2.25. The first-order valence-electron chi connectivity index (χ1n) is 10.4. The molecule has 0 fully saturated rings. The van der Waals surface area contributed by atoms with Crippen LogP contribution >= 0.6 is 11.6 Å². The number of ether oxygens (including phenoxy) is 2. The first-order valence-corrected chi connectivity index (χ1v) is 10.8. The third-order valence-corrected chi connectivity index (χ3v) is 5.73. The number of ketones is 1. The van der Waals surface area contributed by atoms with Gasteiger partial charge in [0.15, 0.2) is 17.3 Å². The van der Waals surface area contributed by atoms with Gasteiger partial charge in [-0.15, -0.1) is 0 Å². The highest BCUT2D eigenvalue weighted by atomic mass is 35.5. The second-order valence-corrected chi connectivity index (χ2v) is 7.97. The number of aromatic nitrogens is 2. The van der Waals surface area contributed by atoms with Gasteiger partial charge in [0.05, 0.1) is 6.54 Å². The molecule has 162 valence electrons. The molecule has 0 radical (unpaired) electrons. The van der Waals surface area contributed by atoms with Gasteiger partial charge in [-0.05, 0) is 36.6 Å². The molecule has 0 bridgehead atoms. The summed E-state index contributed by atoms with van der Waals surface area (Å²) < 4.78 is 12.9. The number of fused-ring (bicyclic) bond motifs is 2. The van der Waals surface area contributed by atoms with Gasteiger partial charge in [0.25, 0.3) is 5.91 Å². The highest BCUT2D eigenvalue weighted by Crippen LogP contribution is 2.38. The second-order valence-electron chi connectivity index (χ2n) is 7.56. The summed E-state index contributed by atoms with van der Waals surface area (Å²) in [7, 11) is 0. The van der Waals surface area contributed by atoms with Crippen LogP contribution in [0.5, 0.6) is 11.5 Å². The van der Waals surface area contributed by atoms with E-state index in [0.29, 0.717) is 47.1 Å². The van der Waals surface area contributed by atoms with Crippen LogP contribution in [0.2, 0.25) is 5.02 Å². The van der Waals surface area contributed by atoms with Crippen molar-refractivity contribution in [2.75, 3.05) is 6.79 Å². The Hall–Kier alpha value is -3.06. The number of hydrogen-bond donors (Lipinski definition) is 1. The molecule has 8 heteroatoms. The molecule has 0 saturated heterocycles. The number of amides is 1. The summed E-state index contributed by atoms with van der Waals surface area (Å²) >= 11 is 6.53. The summed E-state index contributed by atoms with van der Waals surface area (Å²) in [5, 5.41) is 1.25. The summed E-state index contributed by atoms with van der Waals surface area (Å²) in [5.41, 5.74) is 8.54. The smallest absolute Gasteiger partial charge is 0.267 e. The third kappa shape index (κ3) is 3.85. The number of primary amides is 1. The van der Waals surface area contributed by atoms with E-state index in [9.17, 15) is 9.59 Å². The number of benzene rings is 1. The quantitative estimate of drug-likeness (QED) is 0.519. The second kappa shape index (κ2) is 8.59. The average Bonchev–Trinajstić information content (AvgIpc) is 3.30. The maximum atomic E-state index is 13.1. The number of carbonyl (C=O) groups excluding carboxylic acids is 2. The van der Waals surface area contributed by atoms with Gasteiger partial charge in [-0.1, -0.05) is 31.9 Å². The Kier molecular flexibility index (Phi) is 5.87. The van der Waals surface area contributed by atoms with Crippen molar-refractivity contribution in [3.63, 3.8) is 0 Å². The van der Waals surface area contributed by atoms with Crippen LogP contribution in [0.1, 0.15) is 65.2 Å². The van der Waals surface area contributed by atoms with Gasteiger partial charge in [0.2, 0.25) is 6.79 Å². The molecule has 3 heterocycles. The molecule has 7 nitrogen and oxygen atoms in total. The van der Waals surface area contributed by atoms with Gasteiger partial charge in [-0.2, -0.15) is 0 Å². The molecule has 31 heavy (non-hydrogen) atoms. The van der Waals surface area contributed by atoms with Crippen molar-refractivity contribution >= 4 is 34.3 Å². The maximum absolute atomic E-state index is 13.1. The largest absolute Gasteiger partial charge is 0.454 e. The Balaban J connectivity index is 1.93. The molecule has 4 rings (SSSR count). The van der Waals surface area contributed by atoms with E-state index in [1.165, 1.54) is 0 Å². The van der Waals surface area contributed by atoms with Gasteiger partial charge >= 0.3 is 0 Å². The normalized spacial score (nSPS) is 12.5. The van der Waals surface area contributed by atoms with E-state index in [0.717, 1.165) is 29.5 Å². The van der Waals surface area contributed by atoms with Gasteiger partial charge in [-0.3, -0.25) is 9.59 Å². The number of hydrogen-bond acceptors (Lipinski definition) is 5. The van der Waals surface area contributed by atoms with Crippen molar-refractivity contribution in [2.45, 2.75) is 46.1 Å². The molecule has 1 amide bonds. The molecule has 3 aromatic rings. The minimum absolute atomic E-state index is 0.0695. The molecule has 0 aliphatic carbocycles. The minimum Gasteiger partial charge on any atom is -0.454 e. The molecule has 2 N–H and O–H groups in total. The standard InChI is InChI=1S/C23H24ClN3O4/c1-3-5-17-21(18(28)6-4-2)14-7-8-16(22(25)29)26-23(14)27(17)11-13-9-19-20(10-15(13)24)31-12-30-19/h7-10H,3-6,11-12H2,1-2H3,(H2,25,29). The summed E-state index contributed by atoms with van der Waals surface area (Å²) in [4.78, 5) is 29.4. The lowest BCUT2D eigenvalue weighted by atomic mass is 10.0. The predicted octanol–water partition coefficient (Wildman–Crippen LogP) is 4.50. The van der Waals surface area contributed by atoms with Crippen molar-refractivity contribution < 1.29 is 19.1 Å². The zero-order valence-electron chi connectivity index (χ0n) is 17.5. The third-order valence-electron chi connectivity index (χ3n) is 5.38. The van der Waals surface area contributed by atoms with E-state index in [1.54, 1.807) is 18.2 Å². The average molecular weight is 442 g/mol. The van der Waals surface area contributed by atoms with Gasteiger partial charge in [0.1, 0.15) is 11.3 Å². The fraction of sp³-hybridized carbons (Fsp3) is 0.348. The minimum atomic E-state index is -0.616. The van der Waals surface area contributed by atoms with Gasteiger partial charge in [0, 0.05) is 34.2 Å². The number of rotatable bonds is 8. The zero-order valence-corrected chi connectivity index (χ0v) is 18.3. The fourth-order valence-corrected chi connectivity index (χ4v) is 4.20. The van der Waals surface area contributed by atoms with Crippen LogP contribution in [0.25, 0.3) is 11.0 Å². The predicted molar refractivity (Wildman–Crippen MR) is 118 cm³/mol. The number of carbonyl (C=O) groups is 2. The van der Waals surface area contributed by atoms with Crippen LogP contribution in [-0.4, -0.2) is 28.0 Å². The lowest BCUT2D eigenvalue weighted by molar-refractivity contribution is 0.0978. The van der Waals surface area contributed by atoms with Crippen molar-refractivity contribution in [1.29, 1.82) is 0 Å². The van der Waals surface area contributed by atoms with Crippen molar-refractivity contribution in [3.05, 3.63) is 51.8 Å². The van der Waals surface area contributed by atoms with E-state index in [4.69, 9.17) is 26.8 Å². The van der Waals surface area contributed by atoms with E-state index < -0.39 is 5.91 Å². The van der Waals surface area contributed by atoms with E-state index in [2.05, 4.69) is 11.9 Å². The lowest BCUT2D eigenvalue weighted by Crippen LogP contribution is -2.14. The van der Waals surface area contributed by atoms with E-state index >= 15 is 0 Å². The molecule has 0 atom stereocenters. The molecule has 1 aliphatic rings. The van der Waals surface area contributed by atoms with Crippen LogP contribution in [0.15, 0.2) is 24.3 Å². The molecule has 0 saturated carbocycles. The zero-order chi connectivity index (χ0) is 22.1. The molecule has 0 unspecified atom stereocenters. The van der Waals surface area contributed by atoms with Crippen molar-refractivity contribution in [3.8, 4) is 11.5 Å². The first-order chi connectivity index (χ1) is 14.9. The molecule has 2 aromatic heterocycles. The molecule has 1 aromatic carbocycles. The fourth-order valence-electron chi connectivity index (χ4n) is 3.99. The van der Waals surface area contributed by atoms with E-state index in [1.807, 2.05) is 17.6 Å². The van der Waals surface area contributed by atoms with Gasteiger partial charge < -0.3 is 19.8 Å². The Morgan fingerprint density at radius 1 is 1.16 bits per heavy atom. The number of nitrogens with two attached hydrogens (primary N) is 1. The number of nitrogens with zero attached hydrogens (tertiary/aromatic N) is 2. The molecule has 1 aliphatic heterocycles. The molecule has 0 spiro atoms. The van der Waals surface area contributed by atoms with E-state index in [-0.39, 0.29) is 18.3 Å². The Labute approximate surface area is 185 Å². The van der Waals surface area contributed by atoms with Crippen molar-refractivity contribution in [1.82, 2.24) is 9.55 Å². The van der Waals surface area contributed by atoms with Crippen LogP contribution in [0.3, 0.4) is 0 Å². The summed E-state index contributed by atoms with van der Waals surface area (Å²) in [5.74, 6) is 0.683. The van der Waals surface area contributed by atoms with Crippen molar-refractivity contribution in [2.24, 2.45) is 5.73 Å². The van der Waals surface area contributed by atoms with Crippen LogP contribution in [0.4, 0.5) is 0 Å². The Morgan fingerprint density at radius 2 is 1.90 bits per heavy atom. The van der Waals surface area contributed by atoms with Crippen LogP contribution in [-0.2, 0) is 13.0 Å². The number of Topliss-reactive ketones (excluding diaryl/α,β-unsaturated/α-hetero) is 1. The molecular formula is C23H24ClN3O4. The molecular weight excluding hydrogens is 418 g/mol. The Morgan fingerprint density at radius 3 is 2.58 bits per heavy atom. The van der Waals surface area contributed by atoms with Crippen LogP contribution in [0, 0.1) is 0 Å². The lowest BCUT2D eigenvalue weighted by Gasteiger charge is -2.13. The highest BCUT2D eigenvalue weighted by molar-refractivity contribution is 6.31. The van der Waals surface area contributed by atoms with Crippen LogP contribution < -0.4 is 15.2 Å². The SMILES string of the molecule is CCCC(=O)c1c(CCC)n(Cc2cc3c(cc2Cl)OCO3)c2nc(C(N)=O)ccc12. The number of pyridine rings is 1.